The van der Waals surface area contributed by atoms with E-state index in [2.05, 4.69) is 20.8 Å². The van der Waals surface area contributed by atoms with E-state index < -0.39 is 0 Å². The molecular weight excluding hydrogens is 364 g/mol. The predicted octanol–water partition coefficient (Wildman–Crippen LogP) is 3.21. The first-order valence-corrected chi connectivity index (χ1v) is 9.37. The van der Waals surface area contributed by atoms with Crippen LogP contribution >= 0.6 is 11.6 Å². The van der Waals surface area contributed by atoms with E-state index in [0.29, 0.717) is 22.4 Å². The van der Waals surface area contributed by atoms with Crippen molar-refractivity contribution in [3.05, 3.63) is 59.1 Å². The Hall–Kier alpha value is -2.64. The molecule has 1 fully saturated rings. The van der Waals surface area contributed by atoms with Crippen molar-refractivity contribution in [2.75, 3.05) is 18.4 Å². The minimum Gasteiger partial charge on any atom is -0.318 e. The summed E-state index contributed by atoms with van der Waals surface area (Å²) in [7, 11) is 0. The fraction of sp³-hybridized carbons (Fsp3) is 0.316. The zero-order valence-corrected chi connectivity index (χ0v) is 15.8. The molecule has 2 N–H and O–H groups in total. The van der Waals surface area contributed by atoms with Gasteiger partial charge in [-0.3, -0.25) is 9.48 Å². The monoisotopic (exact) mass is 384 g/mol. The molecule has 1 aromatic carbocycles. The minimum atomic E-state index is -0.260. The average molecular weight is 385 g/mol. The molecule has 3 heterocycles. The van der Waals surface area contributed by atoms with Gasteiger partial charge in [0.05, 0.1) is 23.6 Å². The lowest BCUT2D eigenvalue weighted by Gasteiger charge is -2.22. The number of aryl methyl sites for hydroxylation is 1. The zero-order valence-electron chi connectivity index (χ0n) is 15.0. The summed E-state index contributed by atoms with van der Waals surface area (Å²) in [5.41, 5.74) is 2.70. The van der Waals surface area contributed by atoms with Crippen LogP contribution in [0.4, 0.5) is 5.69 Å². The lowest BCUT2D eigenvalue weighted by atomic mass is 10.1. The maximum Gasteiger partial charge on any atom is 0.276 e. The second kappa shape index (κ2) is 7.54. The zero-order chi connectivity index (χ0) is 18.8. The van der Waals surface area contributed by atoms with Gasteiger partial charge in [-0.2, -0.15) is 10.2 Å². The van der Waals surface area contributed by atoms with E-state index in [9.17, 15) is 4.79 Å². The Morgan fingerprint density at radius 3 is 2.89 bits per heavy atom. The molecule has 0 unspecified atom stereocenters. The van der Waals surface area contributed by atoms with Crippen molar-refractivity contribution in [3.8, 4) is 5.69 Å². The Bertz CT molecular complexity index is 957. The standard InChI is InChI=1S/C19H21ClN6O/c1-13-9-18(24-26(13)17-4-2-3-14(20)10-17)19(27)23-15-11-22-25(12-15)16-5-7-21-8-6-16/h2-4,9-12,16,21H,5-8H2,1H3,(H,23,27). The summed E-state index contributed by atoms with van der Waals surface area (Å²) in [5.74, 6) is -0.260. The molecule has 0 aliphatic carbocycles. The number of nitrogens with zero attached hydrogens (tertiary/aromatic N) is 4. The third kappa shape index (κ3) is 3.89. The van der Waals surface area contributed by atoms with E-state index >= 15 is 0 Å². The van der Waals surface area contributed by atoms with Crippen LogP contribution in [-0.4, -0.2) is 38.6 Å². The first kappa shape index (κ1) is 17.8. The van der Waals surface area contributed by atoms with Crippen LogP contribution < -0.4 is 10.6 Å². The second-order valence-corrected chi connectivity index (χ2v) is 7.14. The molecule has 1 aliphatic heterocycles. The van der Waals surface area contributed by atoms with Crippen LogP contribution in [0.5, 0.6) is 0 Å². The summed E-state index contributed by atoms with van der Waals surface area (Å²) in [4.78, 5) is 12.6. The van der Waals surface area contributed by atoms with Crippen LogP contribution in [0.1, 0.15) is 35.1 Å². The maximum atomic E-state index is 12.6. The third-order valence-electron chi connectivity index (χ3n) is 4.72. The lowest BCUT2D eigenvalue weighted by Crippen LogP contribution is -2.29. The van der Waals surface area contributed by atoms with E-state index in [4.69, 9.17) is 11.6 Å². The first-order chi connectivity index (χ1) is 13.1. The number of hydrogen-bond donors (Lipinski definition) is 2. The SMILES string of the molecule is Cc1cc(C(=O)Nc2cnn(C3CCNCC3)c2)nn1-c1cccc(Cl)c1. The van der Waals surface area contributed by atoms with Gasteiger partial charge in [-0.05, 0) is 57.1 Å². The molecule has 3 aromatic rings. The lowest BCUT2D eigenvalue weighted by molar-refractivity contribution is 0.102. The normalized spacial score (nSPS) is 15.0. The number of carbonyl (C=O) groups excluding carboxylic acids is 1. The maximum absolute atomic E-state index is 12.6. The molecule has 0 saturated carbocycles. The highest BCUT2D eigenvalue weighted by Gasteiger charge is 2.18. The van der Waals surface area contributed by atoms with Gasteiger partial charge in [-0.15, -0.1) is 0 Å². The molecule has 140 valence electrons. The quantitative estimate of drug-likeness (QED) is 0.724. The highest BCUT2D eigenvalue weighted by molar-refractivity contribution is 6.30. The smallest absolute Gasteiger partial charge is 0.276 e. The van der Waals surface area contributed by atoms with Gasteiger partial charge in [0.2, 0.25) is 0 Å². The van der Waals surface area contributed by atoms with Gasteiger partial charge in [-0.25, -0.2) is 4.68 Å². The third-order valence-corrected chi connectivity index (χ3v) is 4.95. The minimum absolute atomic E-state index is 0.260. The van der Waals surface area contributed by atoms with Crippen LogP contribution in [-0.2, 0) is 0 Å². The van der Waals surface area contributed by atoms with Gasteiger partial charge in [0.1, 0.15) is 0 Å². The van der Waals surface area contributed by atoms with Gasteiger partial charge >= 0.3 is 0 Å². The molecule has 7 nitrogen and oxygen atoms in total. The molecule has 0 radical (unpaired) electrons. The summed E-state index contributed by atoms with van der Waals surface area (Å²) in [5, 5.41) is 15.7. The largest absolute Gasteiger partial charge is 0.318 e. The number of anilines is 1. The number of benzene rings is 1. The fourth-order valence-electron chi connectivity index (χ4n) is 3.32. The molecule has 4 rings (SSSR count). The molecule has 1 aliphatic rings. The molecule has 0 spiro atoms. The molecule has 27 heavy (non-hydrogen) atoms. The Morgan fingerprint density at radius 2 is 2.11 bits per heavy atom. The number of nitrogens with one attached hydrogen (secondary N) is 2. The van der Waals surface area contributed by atoms with Crippen molar-refractivity contribution in [1.82, 2.24) is 24.9 Å². The number of aromatic nitrogens is 4. The van der Waals surface area contributed by atoms with Crippen LogP contribution in [0.25, 0.3) is 5.69 Å². The van der Waals surface area contributed by atoms with E-state index in [1.807, 2.05) is 36.0 Å². The molecular formula is C19H21ClN6O. The Labute approximate surface area is 162 Å². The van der Waals surface area contributed by atoms with Gasteiger partial charge < -0.3 is 10.6 Å². The van der Waals surface area contributed by atoms with E-state index in [0.717, 1.165) is 37.3 Å². The van der Waals surface area contributed by atoms with Gasteiger partial charge in [0.25, 0.3) is 5.91 Å². The van der Waals surface area contributed by atoms with Gasteiger partial charge in [0.15, 0.2) is 5.69 Å². The van der Waals surface area contributed by atoms with Crippen LogP contribution in [0.3, 0.4) is 0 Å². The highest BCUT2D eigenvalue weighted by Crippen LogP contribution is 2.20. The number of piperidine rings is 1. The Balaban J connectivity index is 1.49. The average Bonchev–Trinajstić information content (AvgIpc) is 3.29. The fourth-order valence-corrected chi connectivity index (χ4v) is 3.51. The first-order valence-electron chi connectivity index (χ1n) is 8.99. The number of amides is 1. The molecule has 2 aromatic heterocycles. The van der Waals surface area contributed by atoms with Crippen LogP contribution in [0.15, 0.2) is 42.7 Å². The van der Waals surface area contributed by atoms with E-state index in [-0.39, 0.29) is 5.91 Å². The number of carbonyl (C=O) groups is 1. The number of rotatable bonds is 4. The van der Waals surface area contributed by atoms with Crippen molar-refractivity contribution in [2.24, 2.45) is 0 Å². The summed E-state index contributed by atoms with van der Waals surface area (Å²) in [6, 6.07) is 9.50. The predicted molar refractivity (Wildman–Crippen MR) is 105 cm³/mol. The van der Waals surface area contributed by atoms with Crippen molar-refractivity contribution in [3.63, 3.8) is 0 Å². The summed E-state index contributed by atoms with van der Waals surface area (Å²) >= 11 is 6.06. The highest BCUT2D eigenvalue weighted by atomic mass is 35.5. The van der Waals surface area contributed by atoms with Crippen molar-refractivity contribution in [1.29, 1.82) is 0 Å². The van der Waals surface area contributed by atoms with Crippen molar-refractivity contribution in [2.45, 2.75) is 25.8 Å². The number of hydrogen-bond acceptors (Lipinski definition) is 4. The Morgan fingerprint density at radius 1 is 1.30 bits per heavy atom. The molecule has 8 heteroatoms. The Kier molecular flexibility index (Phi) is 4.96. The van der Waals surface area contributed by atoms with Crippen LogP contribution in [0.2, 0.25) is 5.02 Å². The molecule has 1 saturated heterocycles. The second-order valence-electron chi connectivity index (χ2n) is 6.71. The van der Waals surface area contributed by atoms with E-state index in [1.165, 1.54) is 0 Å². The van der Waals surface area contributed by atoms with Gasteiger partial charge in [-0.1, -0.05) is 17.7 Å². The topological polar surface area (TPSA) is 76.8 Å². The number of halogens is 1. The summed E-state index contributed by atoms with van der Waals surface area (Å²) in [6.07, 6.45) is 5.64. The van der Waals surface area contributed by atoms with E-state index in [1.54, 1.807) is 23.0 Å². The van der Waals surface area contributed by atoms with Gasteiger partial charge in [0, 0.05) is 16.9 Å². The van der Waals surface area contributed by atoms with Crippen molar-refractivity contribution >= 4 is 23.2 Å². The summed E-state index contributed by atoms with van der Waals surface area (Å²) < 4.78 is 3.64. The van der Waals surface area contributed by atoms with Crippen molar-refractivity contribution < 1.29 is 4.79 Å². The molecule has 1 amide bonds. The molecule has 0 bridgehead atoms. The summed E-state index contributed by atoms with van der Waals surface area (Å²) in [6.45, 7) is 3.89. The molecule has 0 atom stereocenters. The van der Waals surface area contributed by atoms with Crippen LogP contribution in [0, 0.1) is 6.92 Å².